The molecule has 0 heterocycles. The molecule has 0 radical (unpaired) electrons. The van der Waals surface area contributed by atoms with Crippen molar-refractivity contribution in [1.82, 2.24) is 9.66 Å². The normalized spacial score (nSPS) is 12.6. The van der Waals surface area contributed by atoms with Gasteiger partial charge in [0.15, 0.2) is 0 Å². The Kier molecular flexibility index (Phi) is 13.2. The third-order valence-corrected chi connectivity index (χ3v) is 10.7. The lowest BCUT2D eigenvalue weighted by molar-refractivity contribution is 0.473. The van der Waals surface area contributed by atoms with Crippen molar-refractivity contribution in [2.45, 2.75) is 88.9 Å². The van der Waals surface area contributed by atoms with Crippen LogP contribution in [-0.4, -0.2) is 38.5 Å². The van der Waals surface area contributed by atoms with Gasteiger partial charge in [-0.25, -0.2) is 0 Å². The zero-order valence-electron chi connectivity index (χ0n) is 29.0. The van der Waals surface area contributed by atoms with Crippen molar-refractivity contribution in [3.63, 3.8) is 0 Å². The molecule has 0 aliphatic rings. The number of benzene rings is 4. The van der Waals surface area contributed by atoms with E-state index in [1.807, 2.05) is 27.7 Å². The van der Waals surface area contributed by atoms with Gasteiger partial charge < -0.3 is 10.2 Å². The number of unbranched alkanes of at least 4 members (excludes halogenated alkanes) is 5. The number of nitrogens with one attached hydrogen (secondary N) is 2. The predicted molar refractivity (Wildman–Crippen MR) is 199 cm³/mol. The van der Waals surface area contributed by atoms with Crippen LogP contribution in [0.5, 0.6) is 11.5 Å². The maximum Gasteiger partial charge on any atom is 0.276 e. The van der Waals surface area contributed by atoms with E-state index in [0.29, 0.717) is 35.4 Å². The Bertz CT molecular complexity index is 1890. The number of aromatic hydroxyl groups is 2. The Morgan fingerprint density at radius 3 is 1.18 bits per heavy atom. The Hall–Kier alpha value is -4.68. The highest BCUT2D eigenvalue weighted by atomic mass is 32.2. The second-order valence-corrected chi connectivity index (χ2v) is 15.9. The Balaban J connectivity index is 1.35. The van der Waals surface area contributed by atoms with Gasteiger partial charge >= 0.3 is 0 Å². The summed E-state index contributed by atoms with van der Waals surface area (Å²) in [4.78, 5) is 4.91. The summed E-state index contributed by atoms with van der Waals surface area (Å²) in [7, 11) is -7.78. The highest BCUT2D eigenvalue weighted by Gasteiger charge is 2.17. The lowest BCUT2D eigenvalue weighted by atomic mass is 9.99. The molecule has 4 N–H and O–H groups in total. The largest absolute Gasteiger partial charge is 0.507 e. The number of phenols is 2. The molecule has 0 aliphatic carbocycles. The minimum absolute atomic E-state index is 0.0298. The summed E-state index contributed by atoms with van der Waals surface area (Å²) in [6.07, 6.45) is 5.88. The number of aryl methyl sites for hydroxylation is 4. The maximum absolute atomic E-state index is 12.9. The molecular weight excluding hydrogens is 673 g/mol. The Labute approximate surface area is 296 Å². The van der Waals surface area contributed by atoms with Crippen LogP contribution >= 0.6 is 0 Å². The molecule has 0 bridgehead atoms. The molecule has 266 valence electrons. The summed E-state index contributed by atoms with van der Waals surface area (Å²) in [6.45, 7) is 7.55. The van der Waals surface area contributed by atoms with Crippen LogP contribution in [0.3, 0.4) is 0 Å². The minimum atomic E-state index is -3.89. The van der Waals surface area contributed by atoms with Crippen LogP contribution in [0, 0.1) is 27.7 Å². The monoisotopic (exact) mass is 718 g/mol. The molecule has 0 saturated heterocycles. The molecule has 0 fully saturated rings. The molecule has 0 saturated carbocycles. The molecule has 0 atom stereocenters. The molecule has 4 rings (SSSR count). The molecule has 0 spiro atoms. The first-order chi connectivity index (χ1) is 23.7. The fraction of sp³-hybridized carbons (Fsp3) is 0.316. The van der Waals surface area contributed by atoms with E-state index >= 15 is 0 Å². The number of hydrogen-bond acceptors (Lipinski definition) is 8. The number of nitrogens with zero attached hydrogens (tertiary/aromatic N) is 2. The smallest absolute Gasteiger partial charge is 0.276 e. The number of sulfonamides is 2. The fourth-order valence-electron chi connectivity index (χ4n) is 5.33. The molecule has 10 nitrogen and oxygen atoms in total. The van der Waals surface area contributed by atoms with Crippen LogP contribution < -0.4 is 9.66 Å². The van der Waals surface area contributed by atoms with Gasteiger partial charge in [0.2, 0.25) is 0 Å². The molecule has 12 heteroatoms. The first-order valence-corrected chi connectivity index (χ1v) is 19.6. The van der Waals surface area contributed by atoms with Crippen molar-refractivity contribution in [3.8, 4) is 11.5 Å². The van der Waals surface area contributed by atoms with Crippen molar-refractivity contribution in [2.24, 2.45) is 10.2 Å². The average molecular weight is 719 g/mol. The SMILES string of the molecule is Cc1ccc(S(=O)(=O)N/N=C(/CCCCCCCC/C(=N\NS(=O)(=O)c2ccc(C)cc2)c2cc(C)ccc2O)c2cc(C)ccc2O)cc1. The van der Waals surface area contributed by atoms with Crippen molar-refractivity contribution in [2.75, 3.05) is 0 Å². The molecule has 4 aromatic rings. The Morgan fingerprint density at radius 1 is 0.500 bits per heavy atom. The van der Waals surface area contributed by atoms with Crippen molar-refractivity contribution < 1.29 is 27.0 Å². The fourth-order valence-corrected chi connectivity index (χ4v) is 6.99. The van der Waals surface area contributed by atoms with Crippen LogP contribution in [0.2, 0.25) is 0 Å². The zero-order chi connectivity index (χ0) is 36.3. The summed E-state index contributed by atoms with van der Waals surface area (Å²) in [6, 6.07) is 23.3. The topological polar surface area (TPSA) is 158 Å². The van der Waals surface area contributed by atoms with Gasteiger partial charge in [0, 0.05) is 11.1 Å². The van der Waals surface area contributed by atoms with Crippen LogP contribution in [0.25, 0.3) is 0 Å². The van der Waals surface area contributed by atoms with Gasteiger partial charge in [-0.15, -0.1) is 0 Å². The van der Waals surface area contributed by atoms with E-state index in [0.717, 1.165) is 60.8 Å². The number of hydrazone groups is 2. The van der Waals surface area contributed by atoms with Crippen LogP contribution in [0.1, 0.15) is 84.7 Å². The first kappa shape index (κ1) is 38.1. The lowest BCUT2D eigenvalue weighted by Crippen LogP contribution is -2.21. The van der Waals surface area contributed by atoms with Gasteiger partial charge in [-0.2, -0.15) is 36.7 Å². The summed E-state index contributed by atoms with van der Waals surface area (Å²) in [5, 5.41) is 29.7. The van der Waals surface area contributed by atoms with E-state index in [1.165, 1.54) is 24.3 Å². The summed E-state index contributed by atoms with van der Waals surface area (Å²) in [5.74, 6) is 0.0595. The van der Waals surface area contributed by atoms with Gasteiger partial charge in [-0.1, -0.05) is 84.3 Å². The molecule has 4 aromatic carbocycles. The van der Waals surface area contributed by atoms with E-state index in [-0.39, 0.29) is 21.3 Å². The summed E-state index contributed by atoms with van der Waals surface area (Å²) in [5.41, 5.74) is 5.59. The number of phenolic OH excluding ortho intramolecular Hbond substituents is 2. The summed E-state index contributed by atoms with van der Waals surface area (Å²) >= 11 is 0. The lowest BCUT2D eigenvalue weighted by Gasteiger charge is -2.12. The van der Waals surface area contributed by atoms with Gasteiger partial charge in [0.25, 0.3) is 20.0 Å². The third kappa shape index (κ3) is 10.9. The van der Waals surface area contributed by atoms with E-state index in [9.17, 15) is 27.0 Å². The van der Waals surface area contributed by atoms with Gasteiger partial charge in [-0.3, -0.25) is 0 Å². The quantitative estimate of drug-likeness (QED) is 0.0503. The van der Waals surface area contributed by atoms with Crippen LogP contribution in [0.4, 0.5) is 0 Å². The van der Waals surface area contributed by atoms with E-state index < -0.39 is 20.0 Å². The number of hydrogen-bond donors (Lipinski definition) is 4. The van der Waals surface area contributed by atoms with Crippen molar-refractivity contribution in [3.05, 3.63) is 118 Å². The average Bonchev–Trinajstić information content (AvgIpc) is 3.08. The van der Waals surface area contributed by atoms with Gasteiger partial charge in [0.05, 0.1) is 21.2 Å². The van der Waals surface area contributed by atoms with Crippen molar-refractivity contribution >= 4 is 31.5 Å². The predicted octanol–water partition coefficient (Wildman–Crippen LogP) is 7.52. The second kappa shape index (κ2) is 17.3. The highest BCUT2D eigenvalue weighted by Crippen LogP contribution is 2.24. The maximum atomic E-state index is 12.9. The minimum Gasteiger partial charge on any atom is -0.507 e. The molecule has 0 aliphatic heterocycles. The zero-order valence-corrected chi connectivity index (χ0v) is 30.6. The molecule has 0 amide bonds. The van der Waals surface area contributed by atoms with Gasteiger partial charge in [0.1, 0.15) is 11.5 Å². The van der Waals surface area contributed by atoms with Crippen LogP contribution in [0.15, 0.2) is 105 Å². The third-order valence-electron chi connectivity index (χ3n) is 8.27. The standard InChI is InChI=1S/C38H46N4O6S2/c1-27-13-19-31(20-14-27)49(45,46)41-39-35(33-25-29(3)17-23-37(33)43)11-9-7-5-6-8-10-12-36(34-26-30(4)18-24-38(34)44)40-42-50(47,48)32-21-15-28(2)16-22-32/h13-26,41-44H,5-12H2,1-4H3/b39-35-,40-36+. The van der Waals surface area contributed by atoms with Crippen molar-refractivity contribution in [1.29, 1.82) is 0 Å². The Morgan fingerprint density at radius 2 is 0.820 bits per heavy atom. The van der Waals surface area contributed by atoms with Crippen LogP contribution in [-0.2, 0) is 20.0 Å². The van der Waals surface area contributed by atoms with E-state index in [4.69, 9.17) is 0 Å². The van der Waals surface area contributed by atoms with E-state index in [1.54, 1.807) is 60.7 Å². The number of rotatable bonds is 17. The van der Waals surface area contributed by atoms with E-state index in [2.05, 4.69) is 19.9 Å². The molecule has 0 aromatic heterocycles. The van der Waals surface area contributed by atoms with Gasteiger partial charge in [-0.05, 0) is 102 Å². The first-order valence-electron chi connectivity index (χ1n) is 16.7. The summed E-state index contributed by atoms with van der Waals surface area (Å²) < 4.78 is 51.6. The molecule has 0 unspecified atom stereocenters. The second-order valence-electron chi connectivity index (χ2n) is 12.6. The highest BCUT2D eigenvalue weighted by molar-refractivity contribution is 7.89. The molecule has 50 heavy (non-hydrogen) atoms. The molecular formula is C38H46N4O6S2.